The van der Waals surface area contributed by atoms with Crippen LogP contribution in [0.5, 0.6) is 0 Å². The summed E-state index contributed by atoms with van der Waals surface area (Å²) in [4.78, 5) is 23.1. The molecule has 0 aliphatic heterocycles. The fourth-order valence-corrected chi connectivity index (χ4v) is 2.03. The molecule has 3 N–H and O–H groups in total. The Labute approximate surface area is 123 Å². The number of aromatic amines is 2. The van der Waals surface area contributed by atoms with E-state index in [0.29, 0.717) is 11.3 Å². The first-order valence-electron chi connectivity index (χ1n) is 5.90. The highest BCUT2D eigenvalue weighted by atomic mass is 79.9. The summed E-state index contributed by atoms with van der Waals surface area (Å²) < 4.78 is 0.885. The van der Waals surface area contributed by atoms with Crippen LogP contribution in [0.1, 0.15) is 16.8 Å². The SMILES string of the molecule is Cc1[nH][nH]c(=O)c1CC(=O)N/N=C\c1ccccc1Br. The minimum absolute atomic E-state index is 0.0159. The number of nitrogens with zero attached hydrogens (tertiary/aromatic N) is 1. The first-order valence-corrected chi connectivity index (χ1v) is 6.70. The monoisotopic (exact) mass is 336 g/mol. The summed E-state index contributed by atoms with van der Waals surface area (Å²) in [6.07, 6.45) is 1.52. The first kappa shape index (κ1) is 14.3. The lowest BCUT2D eigenvalue weighted by atomic mass is 10.2. The summed E-state index contributed by atoms with van der Waals surface area (Å²) in [5.41, 5.74) is 4.03. The molecule has 104 valence electrons. The molecule has 1 aromatic heterocycles. The van der Waals surface area contributed by atoms with E-state index in [9.17, 15) is 9.59 Å². The fourth-order valence-electron chi connectivity index (χ4n) is 1.64. The Balaban J connectivity index is 1.96. The Kier molecular flexibility index (Phi) is 4.52. The van der Waals surface area contributed by atoms with Gasteiger partial charge in [-0.25, -0.2) is 5.43 Å². The molecule has 2 rings (SSSR count). The molecule has 0 spiro atoms. The van der Waals surface area contributed by atoms with Crippen LogP contribution in [0.4, 0.5) is 0 Å². The van der Waals surface area contributed by atoms with Crippen LogP contribution < -0.4 is 11.0 Å². The number of hydrazone groups is 1. The van der Waals surface area contributed by atoms with Crippen LogP contribution in [0, 0.1) is 6.92 Å². The normalized spacial score (nSPS) is 10.9. The van der Waals surface area contributed by atoms with Gasteiger partial charge in [-0.2, -0.15) is 5.10 Å². The molecular formula is C13H13BrN4O2. The van der Waals surface area contributed by atoms with Gasteiger partial charge in [0.2, 0.25) is 5.91 Å². The molecule has 0 unspecified atom stereocenters. The zero-order valence-electron chi connectivity index (χ0n) is 10.7. The third-order valence-electron chi connectivity index (χ3n) is 2.73. The summed E-state index contributed by atoms with van der Waals surface area (Å²) in [5.74, 6) is -0.346. The van der Waals surface area contributed by atoms with Crippen molar-refractivity contribution >= 4 is 28.1 Å². The summed E-state index contributed by atoms with van der Waals surface area (Å²) in [6.45, 7) is 1.73. The van der Waals surface area contributed by atoms with Crippen molar-refractivity contribution in [3.63, 3.8) is 0 Å². The lowest BCUT2D eigenvalue weighted by Crippen LogP contribution is -2.23. The van der Waals surface area contributed by atoms with E-state index in [1.165, 1.54) is 6.21 Å². The van der Waals surface area contributed by atoms with Gasteiger partial charge >= 0.3 is 0 Å². The molecule has 0 fully saturated rings. The number of benzene rings is 1. The zero-order valence-corrected chi connectivity index (χ0v) is 12.3. The Bertz CT molecular complexity index is 702. The maximum Gasteiger partial charge on any atom is 0.267 e. The van der Waals surface area contributed by atoms with E-state index in [1.807, 2.05) is 24.3 Å². The number of nitrogens with one attached hydrogen (secondary N) is 3. The van der Waals surface area contributed by atoms with E-state index < -0.39 is 0 Å². The van der Waals surface area contributed by atoms with Crippen molar-refractivity contribution in [1.82, 2.24) is 15.6 Å². The third kappa shape index (κ3) is 3.45. The second kappa shape index (κ2) is 6.33. The molecule has 6 nitrogen and oxygen atoms in total. The molecule has 1 amide bonds. The quantitative estimate of drug-likeness (QED) is 0.582. The van der Waals surface area contributed by atoms with Gasteiger partial charge in [0.15, 0.2) is 0 Å². The van der Waals surface area contributed by atoms with Gasteiger partial charge in [0.25, 0.3) is 5.56 Å². The second-order valence-electron chi connectivity index (χ2n) is 4.17. The van der Waals surface area contributed by atoms with Crippen LogP contribution in [0.2, 0.25) is 0 Å². The number of aryl methyl sites for hydroxylation is 1. The van der Waals surface area contributed by atoms with E-state index in [1.54, 1.807) is 6.92 Å². The van der Waals surface area contributed by atoms with Crippen molar-refractivity contribution in [1.29, 1.82) is 0 Å². The molecule has 1 aromatic carbocycles. The van der Waals surface area contributed by atoms with Crippen molar-refractivity contribution < 1.29 is 4.79 Å². The molecular weight excluding hydrogens is 324 g/mol. The van der Waals surface area contributed by atoms with Gasteiger partial charge in [-0.15, -0.1) is 0 Å². The Hall–Kier alpha value is -2.15. The first-order chi connectivity index (χ1) is 9.58. The number of H-pyrrole nitrogens is 2. The van der Waals surface area contributed by atoms with Crippen LogP contribution in [0.3, 0.4) is 0 Å². The fraction of sp³-hybridized carbons (Fsp3) is 0.154. The molecule has 1 heterocycles. The Morgan fingerprint density at radius 2 is 2.15 bits per heavy atom. The van der Waals surface area contributed by atoms with Crippen molar-refractivity contribution in [2.75, 3.05) is 0 Å². The molecule has 0 radical (unpaired) electrons. The standard InChI is InChI=1S/C13H13BrN4O2/c1-8-10(13(20)18-16-8)6-12(19)17-15-7-9-4-2-3-5-11(9)14/h2-5,7H,6H2,1H3,(H,17,19)(H2,16,18,20)/b15-7-. The van der Waals surface area contributed by atoms with E-state index in [-0.39, 0.29) is 17.9 Å². The van der Waals surface area contributed by atoms with Gasteiger partial charge in [0.05, 0.1) is 12.6 Å². The number of halogens is 1. The van der Waals surface area contributed by atoms with Crippen molar-refractivity contribution in [3.05, 3.63) is 55.9 Å². The Morgan fingerprint density at radius 3 is 2.80 bits per heavy atom. The van der Waals surface area contributed by atoms with Gasteiger partial charge in [-0.1, -0.05) is 34.1 Å². The summed E-state index contributed by atoms with van der Waals surface area (Å²) in [6, 6.07) is 7.50. The average Bonchev–Trinajstić information content (AvgIpc) is 2.73. The van der Waals surface area contributed by atoms with Gasteiger partial charge in [-0.3, -0.25) is 14.7 Å². The molecule has 20 heavy (non-hydrogen) atoms. The van der Waals surface area contributed by atoms with Crippen LogP contribution in [-0.2, 0) is 11.2 Å². The van der Waals surface area contributed by atoms with Crippen LogP contribution in [0.25, 0.3) is 0 Å². The second-order valence-corrected chi connectivity index (χ2v) is 5.03. The lowest BCUT2D eigenvalue weighted by molar-refractivity contribution is -0.120. The number of hydrogen-bond acceptors (Lipinski definition) is 3. The van der Waals surface area contributed by atoms with Crippen LogP contribution in [-0.4, -0.2) is 22.3 Å². The summed E-state index contributed by atoms with van der Waals surface area (Å²) >= 11 is 3.38. The van der Waals surface area contributed by atoms with Crippen LogP contribution >= 0.6 is 15.9 Å². The van der Waals surface area contributed by atoms with E-state index in [4.69, 9.17) is 0 Å². The van der Waals surface area contributed by atoms with Gasteiger partial charge in [0, 0.05) is 21.3 Å². The van der Waals surface area contributed by atoms with Crippen molar-refractivity contribution in [2.45, 2.75) is 13.3 Å². The number of rotatable bonds is 4. The lowest BCUT2D eigenvalue weighted by Gasteiger charge is -1.99. The highest BCUT2D eigenvalue weighted by Crippen LogP contribution is 2.13. The summed E-state index contributed by atoms with van der Waals surface area (Å²) in [7, 11) is 0. The zero-order chi connectivity index (χ0) is 14.5. The van der Waals surface area contributed by atoms with Gasteiger partial charge in [0.1, 0.15) is 0 Å². The largest absolute Gasteiger partial charge is 0.302 e. The molecule has 0 aliphatic rings. The maximum atomic E-state index is 11.7. The molecule has 0 bridgehead atoms. The van der Waals surface area contributed by atoms with Gasteiger partial charge < -0.3 is 5.10 Å². The van der Waals surface area contributed by atoms with E-state index >= 15 is 0 Å². The highest BCUT2D eigenvalue weighted by Gasteiger charge is 2.10. The van der Waals surface area contributed by atoms with Crippen molar-refractivity contribution in [2.24, 2.45) is 5.10 Å². The van der Waals surface area contributed by atoms with Crippen molar-refractivity contribution in [3.8, 4) is 0 Å². The number of amides is 1. The summed E-state index contributed by atoms with van der Waals surface area (Å²) in [5, 5.41) is 8.96. The van der Waals surface area contributed by atoms with E-state index in [2.05, 4.69) is 36.7 Å². The molecule has 0 saturated heterocycles. The number of aromatic nitrogens is 2. The van der Waals surface area contributed by atoms with Gasteiger partial charge in [-0.05, 0) is 13.0 Å². The minimum Gasteiger partial charge on any atom is -0.302 e. The third-order valence-corrected chi connectivity index (χ3v) is 3.45. The molecule has 0 aliphatic carbocycles. The number of carbonyl (C=O) groups is 1. The number of carbonyl (C=O) groups excluding carboxylic acids is 1. The molecule has 7 heteroatoms. The maximum absolute atomic E-state index is 11.7. The topological polar surface area (TPSA) is 90.1 Å². The predicted octanol–water partition coefficient (Wildman–Crippen LogP) is 1.47. The number of hydrogen-bond donors (Lipinski definition) is 3. The highest BCUT2D eigenvalue weighted by molar-refractivity contribution is 9.10. The Morgan fingerprint density at radius 1 is 1.40 bits per heavy atom. The molecule has 2 aromatic rings. The predicted molar refractivity (Wildman–Crippen MR) is 79.7 cm³/mol. The smallest absolute Gasteiger partial charge is 0.267 e. The average molecular weight is 337 g/mol. The molecule has 0 atom stereocenters. The van der Waals surface area contributed by atoms with E-state index in [0.717, 1.165) is 10.0 Å². The van der Waals surface area contributed by atoms with Crippen LogP contribution in [0.15, 0.2) is 38.6 Å². The minimum atomic E-state index is -0.346. The molecule has 0 saturated carbocycles.